The third-order valence-electron chi connectivity index (χ3n) is 3.78. The lowest BCUT2D eigenvalue weighted by molar-refractivity contribution is 0.429. The monoisotopic (exact) mass is 273 g/mol. The molecule has 0 spiro atoms. The zero-order valence-corrected chi connectivity index (χ0v) is 13.0. The number of hydrogen-bond donors (Lipinski definition) is 1. The summed E-state index contributed by atoms with van der Waals surface area (Å²) in [5.41, 5.74) is 2.30. The van der Waals surface area contributed by atoms with E-state index in [1.807, 2.05) is 0 Å². The Hall–Kier alpha value is -1.28. The molecule has 0 saturated heterocycles. The summed E-state index contributed by atoms with van der Waals surface area (Å²) in [4.78, 5) is 0. The molecule has 1 N–H and O–H groups in total. The number of furan rings is 1. The van der Waals surface area contributed by atoms with E-state index in [0.717, 1.165) is 30.7 Å². The molecule has 0 aliphatic carbocycles. The summed E-state index contributed by atoms with van der Waals surface area (Å²) in [5.74, 6) is 1.12. The van der Waals surface area contributed by atoms with Gasteiger partial charge in [0.05, 0.1) is 0 Å². The lowest BCUT2D eigenvalue weighted by Crippen LogP contribution is -2.30. The van der Waals surface area contributed by atoms with Crippen molar-refractivity contribution in [2.45, 2.75) is 58.9 Å². The Morgan fingerprint density at radius 1 is 1.10 bits per heavy atom. The third-order valence-corrected chi connectivity index (χ3v) is 3.78. The van der Waals surface area contributed by atoms with Gasteiger partial charge < -0.3 is 9.73 Å². The van der Waals surface area contributed by atoms with E-state index in [2.05, 4.69) is 50.4 Å². The van der Waals surface area contributed by atoms with Crippen LogP contribution in [0.3, 0.4) is 0 Å². The summed E-state index contributed by atoms with van der Waals surface area (Å²) in [6, 6.07) is 9.20. The predicted octanol–water partition coefficient (Wildman–Crippen LogP) is 4.84. The van der Waals surface area contributed by atoms with Crippen LogP contribution in [0.2, 0.25) is 0 Å². The van der Waals surface area contributed by atoms with Crippen LogP contribution in [-0.2, 0) is 6.42 Å². The zero-order valence-electron chi connectivity index (χ0n) is 13.0. The molecule has 1 aromatic heterocycles. The van der Waals surface area contributed by atoms with E-state index in [4.69, 9.17) is 4.42 Å². The van der Waals surface area contributed by atoms with Gasteiger partial charge in [-0.25, -0.2) is 0 Å². The minimum Gasteiger partial charge on any atom is -0.461 e. The third kappa shape index (κ3) is 4.11. The lowest BCUT2D eigenvalue weighted by atomic mass is 10.0. The number of hydrogen-bond acceptors (Lipinski definition) is 2. The van der Waals surface area contributed by atoms with E-state index in [-0.39, 0.29) is 0 Å². The van der Waals surface area contributed by atoms with Gasteiger partial charge in [0.25, 0.3) is 0 Å². The summed E-state index contributed by atoms with van der Waals surface area (Å²) in [5, 5.41) is 4.87. The Bertz CT molecular complexity index is 529. The second-order valence-corrected chi connectivity index (χ2v) is 5.73. The fourth-order valence-electron chi connectivity index (χ4n) is 2.70. The Kier molecular flexibility index (Phi) is 5.66. The highest BCUT2D eigenvalue weighted by Crippen LogP contribution is 2.22. The molecule has 0 amide bonds. The van der Waals surface area contributed by atoms with Crippen molar-refractivity contribution in [3.8, 4) is 0 Å². The Balaban J connectivity index is 1.96. The number of nitrogens with one attached hydrogen (secondary N) is 1. The van der Waals surface area contributed by atoms with Gasteiger partial charge in [0.15, 0.2) is 0 Å². The minimum absolute atomic E-state index is 0.620. The van der Waals surface area contributed by atoms with Crippen molar-refractivity contribution < 1.29 is 4.42 Å². The molecule has 1 heterocycles. The molecule has 0 aliphatic rings. The van der Waals surface area contributed by atoms with E-state index >= 15 is 0 Å². The van der Waals surface area contributed by atoms with E-state index in [1.165, 1.54) is 30.2 Å². The molecule has 0 radical (unpaired) electrons. The maximum atomic E-state index is 5.93. The fourth-order valence-corrected chi connectivity index (χ4v) is 2.70. The van der Waals surface area contributed by atoms with Crippen LogP contribution < -0.4 is 5.32 Å². The smallest absolute Gasteiger partial charge is 0.134 e. The number of benzene rings is 1. The largest absolute Gasteiger partial charge is 0.461 e. The molecule has 2 aromatic rings. The molecule has 110 valence electrons. The second kappa shape index (κ2) is 7.49. The van der Waals surface area contributed by atoms with Crippen LogP contribution in [0.4, 0.5) is 0 Å². The first-order chi connectivity index (χ1) is 9.72. The highest BCUT2D eigenvalue weighted by Gasteiger charge is 2.09. The van der Waals surface area contributed by atoms with Gasteiger partial charge in [-0.05, 0) is 50.9 Å². The Morgan fingerprint density at radius 3 is 2.70 bits per heavy atom. The van der Waals surface area contributed by atoms with Crippen LogP contribution in [0.1, 0.15) is 50.9 Å². The maximum Gasteiger partial charge on any atom is 0.134 e. The van der Waals surface area contributed by atoms with Crippen molar-refractivity contribution in [1.29, 1.82) is 0 Å². The van der Waals surface area contributed by atoms with Crippen LogP contribution in [0.15, 0.2) is 28.7 Å². The molecule has 2 heteroatoms. The highest BCUT2D eigenvalue weighted by atomic mass is 16.3. The van der Waals surface area contributed by atoms with E-state index in [0.29, 0.717) is 6.04 Å². The summed E-state index contributed by atoms with van der Waals surface area (Å²) < 4.78 is 5.93. The van der Waals surface area contributed by atoms with Gasteiger partial charge in [-0.3, -0.25) is 0 Å². The molecule has 20 heavy (non-hydrogen) atoms. The molecular formula is C18H27NO. The molecular weight excluding hydrogens is 246 g/mol. The first-order valence-electron chi connectivity index (χ1n) is 7.95. The minimum atomic E-state index is 0.620. The molecule has 0 fully saturated rings. The van der Waals surface area contributed by atoms with Gasteiger partial charge in [0.2, 0.25) is 0 Å². The quantitative estimate of drug-likeness (QED) is 0.744. The van der Waals surface area contributed by atoms with Crippen molar-refractivity contribution in [3.63, 3.8) is 0 Å². The molecule has 0 bridgehead atoms. The van der Waals surface area contributed by atoms with Crippen molar-refractivity contribution in [1.82, 2.24) is 5.32 Å². The summed E-state index contributed by atoms with van der Waals surface area (Å²) in [6.07, 6.45) is 5.87. The van der Waals surface area contributed by atoms with Crippen LogP contribution in [-0.4, -0.2) is 12.6 Å². The summed E-state index contributed by atoms with van der Waals surface area (Å²) in [7, 11) is 0. The summed E-state index contributed by atoms with van der Waals surface area (Å²) in [6.45, 7) is 7.71. The van der Waals surface area contributed by atoms with Crippen molar-refractivity contribution in [3.05, 3.63) is 35.6 Å². The topological polar surface area (TPSA) is 25.2 Å². The maximum absolute atomic E-state index is 5.93. The van der Waals surface area contributed by atoms with E-state index in [9.17, 15) is 0 Å². The first kappa shape index (κ1) is 15.1. The van der Waals surface area contributed by atoms with Gasteiger partial charge in [0.1, 0.15) is 11.3 Å². The SMILES string of the molecule is CCCNC(CCC)CCc1cc2cc(C)ccc2o1. The predicted molar refractivity (Wildman–Crippen MR) is 86.3 cm³/mol. The van der Waals surface area contributed by atoms with Crippen molar-refractivity contribution in [2.75, 3.05) is 6.54 Å². The normalized spacial score (nSPS) is 12.9. The second-order valence-electron chi connectivity index (χ2n) is 5.73. The Labute approximate surface area is 122 Å². The van der Waals surface area contributed by atoms with Crippen LogP contribution in [0, 0.1) is 6.92 Å². The lowest BCUT2D eigenvalue weighted by Gasteiger charge is -2.16. The average Bonchev–Trinajstić information content (AvgIpc) is 2.83. The summed E-state index contributed by atoms with van der Waals surface area (Å²) >= 11 is 0. The fraction of sp³-hybridized carbons (Fsp3) is 0.556. The van der Waals surface area contributed by atoms with Gasteiger partial charge in [-0.1, -0.05) is 31.9 Å². The van der Waals surface area contributed by atoms with Crippen LogP contribution in [0.25, 0.3) is 11.0 Å². The average molecular weight is 273 g/mol. The van der Waals surface area contributed by atoms with Gasteiger partial charge in [-0.2, -0.15) is 0 Å². The molecule has 0 saturated carbocycles. The molecule has 1 aromatic carbocycles. The highest BCUT2D eigenvalue weighted by molar-refractivity contribution is 5.78. The number of aryl methyl sites for hydroxylation is 2. The van der Waals surface area contributed by atoms with E-state index < -0.39 is 0 Å². The molecule has 2 nitrogen and oxygen atoms in total. The Morgan fingerprint density at radius 2 is 1.95 bits per heavy atom. The molecule has 2 rings (SSSR count). The molecule has 1 atom stereocenters. The first-order valence-corrected chi connectivity index (χ1v) is 7.95. The van der Waals surface area contributed by atoms with Gasteiger partial charge in [-0.15, -0.1) is 0 Å². The van der Waals surface area contributed by atoms with Gasteiger partial charge in [0, 0.05) is 17.8 Å². The number of rotatable bonds is 8. The van der Waals surface area contributed by atoms with Gasteiger partial charge >= 0.3 is 0 Å². The zero-order chi connectivity index (χ0) is 14.4. The van der Waals surface area contributed by atoms with Crippen LogP contribution in [0.5, 0.6) is 0 Å². The van der Waals surface area contributed by atoms with E-state index in [1.54, 1.807) is 0 Å². The van der Waals surface area contributed by atoms with Crippen molar-refractivity contribution in [2.24, 2.45) is 0 Å². The molecule has 0 aliphatic heterocycles. The molecule has 1 unspecified atom stereocenters. The number of fused-ring (bicyclic) bond motifs is 1. The van der Waals surface area contributed by atoms with Crippen molar-refractivity contribution >= 4 is 11.0 Å². The van der Waals surface area contributed by atoms with Crippen LogP contribution >= 0.6 is 0 Å². The standard InChI is InChI=1S/C18H27NO/c1-4-6-16(19-11-5-2)8-9-17-13-15-12-14(3)7-10-18(15)20-17/h7,10,12-13,16,19H,4-6,8-9,11H2,1-3H3.